The summed E-state index contributed by atoms with van der Waals surface area (Å²) in [6.07, 6.45) is 2.03. The Kier molecular flexibility index (Phi) is 2.96. The maximum absolute atomic E-state index is 11.6. The number of aryl methyl sites for hydroxylation is 2. The molecule has 0 spiro atoms. The van der Waals surface area contributed by atoms with E-state index in [4.69, 9.17) is 0 Å². The Balaban J connectivity index is 3.19. The van der Waals surface area contributed by atoms with E-state index in [1.165, 1.54) is 0 Å². The van der Waals surface area contributed by atoms with E-state index >= 15 is 0 Å². The van der Waals surface area contributed by atoms with Gasteiger partial charge in [-0.2, -0.15) is 0 Å². The highest BCUT2D eigenvalue weighted by atomic mass is 16.1. The zero-order valence-electron chi connectivity index (χ0n) is 8.85. The molecule has 0 unspecified atom stereocenters. The molecular formula is C10H18N2O. The minimum atomic E-state index is 0.124. The van der Waals surface area contributed by atoms with Crippen LogP contribution in [0.15, 0.2) is 4.79 Å². The average Bonchev–Trinajstić information content (AvgIpc) is 2.28. The van der Waals surface area contributed by atoms with Gasteiger partial charge in [-0.05, 0) is 12.3 Å². The molecule has 0 radical (unpaired) electrons. The second-order valence-corrected chi connectivity index (χ2v) is 3.77. The molecule has 1 heterocycles. The second kappa shape index (κ2) is 3.81. The van der Waals surface area contributed by atoms with Crippen molar-refractivity contribution in [2.45, 2.75) is 39.5 Å². The van der Waals surface area contributed by atoms with Crippen molar-refractivity contribution in [3.63, 3.8) is 0 Å². The molecule has 0 atom stereocenters. The Morgan fingerprint density at radius 2 is 2.08 bits per heavy atom. The largest absolute Gasteiger partial charge is 0.300 e. The van der Waals surface area contributed by atoms with Crippen molar-refractivity contribution in [1.82, 2.24) is 9.78 Å². The quantitative estimate of drug-likeness (QED) is 0.760. The molecule has 1 aromatic rings. The van der Waals surface area contributed by atoms with E-state index in [-0.39, 0.29) is 5.56 Å². The van der Waals surface area contributed by atoms with Gasteiger partial charge in [0, 0.05) is 18.3 Å². The predicted octanol–water partition coefficient (Wildman–Crippen LogP) is 1.79. The number of aromatic nitrogens is 2. The zero-order valence-corrected chi connectivity index (χ0v) is 8.85. The molecule has 0 aliphatic rings. The van der Waals surface area contributed by atoms with E-state index < -0.39 is 0 Å². The summed E-state index contributed by atoms with van der Waals surface area (Å²) in [6.45, 7) is 6.24. The van der Waals surface area contributed by atoms with Crippen LogP contribution in [0, 0.1) is 0 Å². The topological polar surface area (TPSA) is 37.8 Å². The van der Waals surface area contributed by atoms with Gasteiger partial charge in [0.15, 0.2) is 0 Å². The highest BCUT2D eigenvalue weighted by Gasteiger charge is 2.14. The number of aromatic amines is 1. The van der Waals surface area contributed by atoms with Crippen LogP contribution in [0.2, 0.25) is 0 Å². The molecule has 74 valence electrons. The summed E-state index contributed by atoms with van der Waals surface area (Å²) in [5, 5.41) is 3.10. The Hall–Kier alpha value is -0.990. The van der Waals surface area contributed by atoms with Crippen molar-refractivity contribution in [1.29, 1.82) is 0 Å². The average molecular weight is 182 g/mol. The van der Waals surface area contributed by atoms with Gasteiger partial charge in [-0.25, -0.2) is 0 Å². The first-order valence-electron chi connectivity index (χ1n) is 4.85. The number of rotatable bonds is 3. The third-order valence-corrected chi connectivity index (χ3v) is 2.24. The van der Waals surface area contributed by atoms with Crippen LogP contribution in [-0.4, -0.2) is 9.78 Å². The smallest absolute Gasteiger partial charge is 0.269 e. The van der Waals surface area contributed by atoms with Crippen LogP contribution in [0.25, 0.3) is 0 Å². The molecule has 0 bridgehead atoms. The van der Waals surface area contributed by atoms with Crippen molar-refractivity contribution >= 4 is 0 Å². The molecule has 0 saturated heterocycles. The number of hydrogen-bond acceptors (Lipinski definition) is 1. The fourth-order valence-electron chi connectivity index (χ4n) is 1.66. The van der Waals surface area contributed by atoms with Crippen LogP contribution >= 0.6 is 0 Å². The highest BCUT2D eigenvalue weighted by Crippen LogP contribution is 2.14. The summed E-state index contributed by atoms with van der Waals surface area (Å²) in [5.74, 6) is 0.312. The standard InChI is InChI=1S/C10H18N2O/c1-5-6-8-9(7(2)3)10(13)12(4)11-8/h7,11H,5-6H2,1-4H3. The zero-order chi connectivity index (χ0) is 10.0. The Labute approximate surface area is 78.8 Å². The SMILES string of the molecule is CCCc1[nH]n(C)c(=O)c1C(C)C. The molecule has 0 fully saturated rings. The van der Waals surface area contributed by atoms with Crippen molar-refractivity contribution in [3.8, 4) is 0 Å². The lowest BCUT2D eigenvalue weighted by molar-refractivity contribution is 0.713. The lowest BCUT2D eigenvalue weighted by atomic mass is 10.0. The van der Waals surface area contributed by atoms with Crippen LogP contribution in [0.3, 0.4) is 0 Å². The van der Waals surface area contributed by atoms with Gasteiger partial charge in [0.05, 0.1) is 0 Å². The van der Waals surface area contributed by atoms with Crippen LogP contribution in [0.4, 0.5) is 0 Å². The highest BCUT2D eigenvalue weighted by molar-refractivity contribution is 5.21. The molecule has 0 aliphatic carbocycles. The van der Waals surface area contributed by atoms with E-state index in [9.17, 15) is 4.79 Å². The molecule has 0 aromatic carbocycles. The number of H-pyrrole nitrogens is 1. The third kappa shape index (κ3) is 1.85. The maximum Gasteiger partial charge on any atom is 0.269 e. The van der Waals surface area contributed by atoms with Crippen LogP contribution < -0.4 is 5.56 Å². The van der Waals surface area contributed by atoms with Gasteiger partial charge >= 0.3 is 0 Å². The third-order valence-electron chi connectivity index (χ3n) is 2.24. The van der Waals surface area contributed by atoms with Gasteiger partial charge < -0.3 is 0 Å². The van der Waals surface area contributed by atoms with E-state index in [0.29, 0.717) is 5.92 Å². The molecule has 3 heteroatoms. The lowest BCUT2D eigenvalue weighted by Gasteiger charge is -2.02. The van der Waals surface area contributed by atoms with Crippen molar-refractivity contribution in [2.75, 3.05) is 0 Å². The van der Waals surface area contributed by atoms with Crippen LogP contribution in [-0.2, 0) is 13.5 Å². The summed E-state index contributed by atoms with van der Waals surface area (Å²) < 4.78 is 1.57. The predicted molar refractivity (Wildman–Crippen MR) is 54.1 cm³/mol. The first-order valence-corrected chi connectivity index (χ1v) is 4.85. The van der Waals surface area contributed by atoms with Crippen molar-refractivity contribution < 1.29 is 0 Å². The fraction of sp³-hybridized carbons (Fsp3) is 0.700. The summed E-state index contributed by atoms with van der Waals surface area (Å²) >= 11 is 0. The first-order chi connectivity index (χ1) is 6.07. The Bertz CT molecular complexity index is 333. The van der Waals surface area contributed by atoms with Gasteiger partial charge in [0.25, 0.3) is 5.56 Å². The van der Waals surface area contributed by atoms with Gasteiger partial charge in [-0.1, -0.05) is 27.2 Å². The summed E-state index contributed by atoms with van der Waals surface area (Å²) in [4.78, 5) is 11.6. The summed E-state index contributed by atoms with van der Waals surface area (Å²) in [5.41, 5.74) is 2.17. The summed E-state index contributed by atoms with van der Waals surface area (Å²) in [7, 11) is 1.77. The molecule has 0 aliphatic heterocycles. The monoisotopic (exact) mass is 182 g/mol. The van der Waals surface area contributed by atoms with E-state index in [2.05, 4.69) is 25.9 Å². The van der Waals surface area contributed by atoms with Crippen molar-refractivity contribution in [2.24, 2.45) is 7.05 Å². The van der Waals surface area contributed by atoms with Gasteiger partial charge in [-0.15, -0.1) is 0 Å². The van der Waals surface area contributed by atoms with E-state index in [1.807, 2.05) is 0 Å². The molecular weight excluding hydrogens is 164 g/mol. The summed E-state index contributed by atoms with van der Waals surface area (Å²) in [6, 6.07) is 0. The van der Waals surface area contributed by atoms with Gasteiger partial charge in [0.1, 0.15) is 0 Å². The second-order valence-electron chi connectivity index (χ2n) is 3.77. The van der Waals surface area contributed by atoms with Crippen LogP contribution in [0.1, 0.15) is 44.4 Å². The molecule has 13 heavy (non-hydrogen) atoms. The molecule has 0 saturated carbocycles. The maximum atomic E-state index is 11.6. The minimum absolute atomic E-state index is 0.124. The van der Waals surface area contributed by atoms with E-state index in [1.54, 1.807) is 11.7 Å². The Morgan fingerprint density at radius 3 is 2.54 bits per heavy atom. The molecule has 1 N–H and O–H groups in total. The molecule has 1 aromatic heterocycles. The molecule has 0 amide bonds. The van der Waals surface area contributed by atoms with E-state index in [0.717, 1.165) is 24.1 Å². The number of nitrogens with zero attached hydrogens (tertiary/aromatic N) is 1. The minimum Gasteiger partial charge on any atom is -0.300 e. The normalized spacial score (nSPS) is 11.2. The molecule has 3 nitrogen and oxygen atoms in total. The first kappa shape index (κ1) is 10.1. The van der Waals surface area contributed by atoms with Gasteiger partial charge in [0.2, 0.25) is 0 Å². The van der Waals surface area contributed by atoms with Crippen LogP contribution in [0.5, 0.6) is 0 Å². The fourth-order valence-corrected chi connectivity index (χ4v) is 1.66. The number of hydrogen-bond donors (Lipinski definition) is 1. The Morgan fingerprint density at radius 1 is 1.46 bits per heavy atom. The molecule has 1 rings (SSSR count). The number of nitrogens with one attached hydrogen (secondary N) is 1. The lowest BCUT2D eigenvalue weighted by Crippen LogP contribution is -2.16. The van der Waals surface area contributed by atoms with Gasteiger partial charge in [-0.3, -0.25) is 14.6 Å². The van der Waals surface area contributed by atoms with Crippen molar-refractivity contribution in [3.05, 3.63) is 21.6 Å².